The van der Waals surface area contributed by atoms with Crippen molar-refractivity contribution < 1.29 is 19.4 Å². The minimum atomic E-state index is -0.907. The van der Waals surface area contributed by atoms with E-state index >= 15 is 0 Å². The molecular weight excluding hydrogens is 174 g/mol. The van der Waals surface area contributed by atoms with Crippen LogP contribution < -0.4 is 5.73 Å². The molecule has 0 radical (unpaired) electrons. The Morgan fingerprint density at radius 2 is 2.15 bits per heavy atom. The van der Waals surface area contributed by atoms with Crippen LogP contribution in [0.25, 0.3) is 0 Å². The van der Waals surface area contributed by atoms with Crippen molar-refractivity contribution in [2.45, 2.75) is 32.4 Å². The molecular formula is C8H17NO4. The van der Waals surface area contributed by atoms with E-state index in [9.17, 15) is 4.79 Å². The third-order valence-electron chi connectivity index (χ3n) is 1.21. The molecule has 0 saturated carbocycles. The lowest BCUT2D eigenvalue weighted by Crippen LogP contribution is -2.45. The smallest absolute Gasteiger partial charge is 0.432 e. The molecule has 0 saturated heterocycles. The van der Waals surface area contributed by atoms with Gasteiger partial charge in [0.15, 0.2) is 0 Å². The van der Waals surface area contributed by atoms with Gasteiger partial charge in [-0.25, -0.2) is 4.79 Å². The fourth-order valence-corrected chi connectivity index (χ4v) is 0.496. The summed E-state index contributed by atoms with van der Waals surface area (Å²) in [6, 6.07) is 0. The van der Waals surface area contributed by atoms with Crippen LogP contribution >= 0.6 is 0 Å². The second-order valence-corrected chi connectivity index (χ2v) is 3.52. The molecule has 1 atom stereocenters. The molecule has 3 N–H and O–H groups in total. The number of hydrogen-bond acceptors (Lipinski definition) is 5. The van der Waals surface area contributed by atoms with Crippen molar-refractivity contribution in [2.24, 2.45) is 5.73 Å². The van der Waals surface area contributed by atoms with E-state index in [2.05, 4.69) is 4.74 Å². The largest absolute Gasteiger partial charge is 0.508 e. The number of carbonyl (C=O) groups excluding carboxylic acids is 1. The summed E-state index contributed by atoms with van der Waals surface area (Å²) in [5.74, 6) is 0. The van der Waals surface area contributed by atoms with E-state index < -0.39 is 11.7 Å². The molecule has 0 aromatic rings. The summed E-state index contributed by atoms with van der Waals surface area (Å²) < 4.78 is 9.35. The molecule has 5 nitrogen and oxygen atoms in total. The van der Waals surface area contributed by atoms with Crippen LogP contribution in [-0.2, 0) is 9.47 Å². The summed E-state index contributed by atoms with van der Waals surface area (Å²) in [6.45, 7) is 4.70. The first kappa shape index (κ1) is 12.2. The number of carbonyl (C=O) groups is 1. The molecule has 1 unspecified atom stereocenters. The summed E-state index contributed by atoms with van der Waals surface area (Å²) in [6.07, 6.45) is -0.981. The van der Waals surface area contributed by atoms with Gasteiger partial charge in [-0.2, -0.15) is 0 Å². The minimum Gasteiger partial charge on any atom is -0.432 e. The number of aliphatic hydroxyl groups excluding tert-OH is 1. The van der Waals surface area contributed by atoms with E-state index in [4.69, 9.17) is 15.6 Å². The average molecular weight is 191 g/mol. The number of rotatable bonds is 4. The summed E-state index contributed by atoms with van der Waals surface area (Å²) in [4.78, 5) is 10.8. The first-order valence-corrected chi connectivity index (χ1v) is 4.10. The van der Waals surface area contributed by atoms with Gasteiger partial charge in [-0.1, -0.05) is 0 Å². The van der Waals surface area contributed by atoms with Gasteiger partial charge < -0.3 is 20.3 Å². The quantitative estimate of drug-likeness (QED) is 0.623. The van der Waals surface area contributed by atoms with Gasteiger partial charge in [0, 0.05) is 0 Å². The monoisotopic (exact) mass is 191 g/mol. The van der Waals surface area contributed by atoms with Crippen LogP contribution in [-0.4, -0.2) is 36.1 Å². The van der Waals surface area contributed by atoms with Gasteiger partial charge in [-0.3, -0.25) is 0 Å². The molecule has 0 aliphatic carbocycles. The highest BCUT2D eigenvalue weighted by Crippen LogP contribution is 2.00. The van der Waals surface area contributed by atoms with Crippen molar-refractivity contribution in [2.75, 3.05) is 13.2 Å². The van der Waals surface area contributed by atoms with Crippen molar-refractivity contribution in [1.82, 2.24) is 0 Å². The molecule has 0 aliphatic rings. The maximum absolute atomic E-state index is 10.8. The molecule has 0 fully saturated rings. The third-order valence-corrected chi connectivity index (χ3v) is 1.21. The fourth-order valence-electron chi connectivity index (χ4n) is 0.496. The molecule has 0 bridgehead atoms. The highest BCUT2D eigenvalue weighted by molar-refractivity contribution is 5.60. The normalized spacial score (nSPS) is 15.2. The first-order valence-electron chi connectivity index (χ1n) is 4.10. The second-order valence-electron chi connectivity index (χ2n) is 3.52. The van der Waals surface area contributed by atoms with E-state index in [1.165, 1.54) is 0 Å². The van der Waals surface area contributed by atoms with E-state index in [0.717, 1.165) is 0 Å². The van der Waals surface area contributed by atoms with Gasteiger partial charge >= 0.3 is 6.16 Å². The fraction of sp³-hybridized carbons (Fsp3) is 0.875. The van der Waals surface area contributed by atoms with Crippen LogP contribution in [0.15, 0.2) is 0 Å². The first-order chi connectivity index (χ1) is 5.87. The second kappa shape index (κ2) is 5.04. The zero-order chi connectivity index (χ0) is 10.5. The lowest BCUT2D eigenvalue weighted by molar-refractivity contribution is 0.0161. The molecule has 0 heterocycles. The maximum atomic E-state index is 10.8. The van der Waals surface area contributed by atoms with E-state index in [1.807, 2.05) is 0 Å². The van der Waals surface area contributed by atoms with E-state index in [-0.39, 0.29) is 19.3 Å². The Kier molecular flexibility index (Phi) is 4.72. The Hall–Kier alpha value is -0.810. The van der Waals surface area contributed by atoms with Gasteiger partial charge in [-0.15, -0.1) is 0 Å². The van der Waals surface area contributed by atoms with Crippen molar-refractivity contribution in [1.29, 1.82) is 0 Å². The van der Waals surface area contributed by atoms with Crippen LogP contribution in [0.5, 0.6) is 0 Å². The summed E-state index contributed by atoms with van der Waals surface area (Å²) in [5.41, 5.74) is 4.61. The Labute approximate surface area is 77.8 Å². The predicted molar refractivity (Wildman–Crippen MR) is 47.2 cm³/mol. The zero-order valence-corrected chi connectivity index (χ0v) is 8.24. The van der Waals surface area contributed by atoms with Crippen LogP contribution in [0, 0.1) is 0 Å². The third kappa shape index (κ3) is 6.36. The van der Waals surface area contributed by atoms with Gasteiger partial charge in [-0.05, 0) is 20.8 Å². The van der Waals surface area contributed by atoms with Crippen LogP contribution in [0.3, 0.4) is 0 Å². The van der Waals surface area contributed by atoms with Crippen LogP contribution in [0.2, 0.25) is 0 Å². The molecule has 0 aromatic carbocycles. The number of hydrogen-bond donors (Lipinski definition) is 2. The Bertz CT molecular complexity index is 168. The summed E-state index contributed by atoms with van der Waals surface area (Å²) >= 11 is 0. The Balaban J connectivity index is 3.70. The Morgan fingerprint density at radius 3 is 2.54 bits per heavy atom. The SMILES string of the molecule is CC(C)OC(=O)OCC(C)(N)CO. The zero-order valence-electron chi connectivity index (χ0n) is 8.24. The molecule has 0 rings (SSSR count). The van der Waals surface area contributed by atoms with Crippen LogP contribution in [0.4, 0.5) is 4.79 Å². The molecule has 78 valence electrons. The van der Waals surface area contributed by atoms with Gasteiger partial charge in [0.1, 0.15) is 6.61 Å². The van der Waals surface area contributed by atoms with Crippen LogP contribution in [0.1, 0.15) is 20.8 Å². The molecule has 0 aromatic heterocycles. The van der Waals surface area contributed by atoms with Gasteiger partial charge in [0.05, 0.1) is 18.2 Å². The topological polar surface area (TPSA) is 81.8 Å². The molecule has 5 heteroatoms. The lowest BCUT2D eigenvalue weighted by Gasteiger charge is -2.20. The van der Waals surface area contributed by atoms with Crippen molar-refractivity contribution >= 4 is 6.16 Å². The lowest BCUT2D eigenvalue weighted by atomic mass is 10.1. The average Bonchev–Trinajstić information content (AvgIpc) is 2.00. The minimum absolute atomic E-state index is 0.0605. The summed E-state index contributed by atoms with van der Waals surface area (Å²) in [7, 11) is 0. The highest BCUT2D eigenvalue weighted by Gasteiger charge is 2.20. The maximum Gasteiger partial charge on any atom is 0.508 e. The van der Waals surface area contributed by atoms with Crippen molar-refractivity contribution in [3.05, 3.63) is 0 Å². The number of aliphatic hydroxyl groups is 1. The number of nitrogens with two attached hydrogens (primary N) is 1. The van der Waals surface area contributed by atoms with Gasteiger partial charge in [0.25, 0.3) is 0 Å². The summed E-state index contributed by atoms with van der Waals surface area (Å²) in [5, 5.41) is 8.73. The Morgan fingerprint density at radius 1 is 1.62 bits per heavy atom. The predicted octanol–water partition coefficient (Wildman–Crippen LogP) is 0.258. The molecule has 0 spiro atoms. The van der Waals surface area contributed by atoms with E-state index in [0.29, 0.717) is 0 Å². The van der Waals surface area contributed by atoms with E-state index in [1.54, 1.807) is 20.8 Å². The highest BCUT2D eigenvalue weighted by atomic mass is 16.7. The molecule has 0 aliphatic heterocycles. The van der Waals surface area contributed by atoms with Gasteiger partial charge in [0.2, 0.25) is 0 Å². The standard InChI is InChI=1S/C8H17NO4/c1-6(2)13-7(11)12-5-8(3,9)4-10/h6,10H,4-5,9H2,1-3H3. The molecule has 13 heavy (non-hydrogen) atoms. The van der Waals surface area contributed by atoms with Crippen molar-refractivity contribution in [3.63, 3.8) is 0 Å². The molecule has 0 amide bonds. The van der Waals surface area contributed by atoms with Crippen molar-refractivity contribution in [3.8, 4) is 0 Å². The number of ether oxygens (including phenoxy) is 2.